The van der Waals surface area contributed by atoms with E-state index in [1.54, 1.807) is 11.8 Å². The van der Waals surface area contributed by atoms with E-state index in [0.29, 0.717) is 10.3 Å². The third-order valence-electron chi connectivity index (χ3n) is 2.61. The first-order chi connectivity index (χ1) is 8.72. The van der Waals surface area contributed by atoms with E-state index in [4.69, 9.17) is 5.73 Å². The van der Waals surface area contributed by atoms with E-state index in [1.807, 2.05) is 18.2 Å². The van der Waals surface area contributed by atoms with Gasteiger partial charge in [0.15, 0.2) is 0 Å². The highest BCUT2D eigenvalue weighted by Crippen LogP contribution is 2.37. The number of nitrogens with one attached hydrogen (secondary N) is 1. The molecule has 0 bridgehead atoms. The molecule has 0 aliphatic carbocycles. The number of aromatic nitrogens is 2. The number of amides is 1. The van der Waals surface area contributed by atoms with Gasteiger partial charge in [0.25, 0.3) is 0 Å². The summed E-state index contributed by atoms with van der Waals surface area (Å²) >= 11 is 2.76. The number of hydrogen-bond acceptors (Lipinski definition) is 6. The van der Waals surface area contributed by atoms with Crippen LogP contribution < -0.4 is 11.1 Å². The van der Waals surface area contributed by atoms with E-state index in [9.17, 15) is 4.79 Å². The first-order valence-electron chi connectivity index (χ1n) is 5.37. The Morgan fingerprint density at radius 2 is 2.22 bits per heavy atom. The fourth-order valence-electron chi connectivity index (χ4n) is 1.80. The Bertz CT molecular complexity index is 573. The van der Waals surface area contributed by atoms with Gasteiger partial charge in [-0.25, -0.2) is 0 Å². The van der Waals surface area contributed by atoms with Gasteiger partial charge in [0.2, 0.25) is 16.2 Å². The van der Waals surface area contributed by atoms with Crippen molar-refractivity contribution in [1.82, 2.24) is 10.2 Å². The molecule has 0 spiro atoms. The second-order valence-electron chi connectivity index (χ2n) is 3.85. The average Bonchev–Trinajstić information content (AvgIpc) is 2.95. The fraction of sp³-hybridized carbons (Fsp3) is 0.182. The maximum Gasteiger partial charge on any atom is 0.240 e. The van der Waals surface area contributed by atoms with Gasteiger partial charge in [0, 0.05) is 4.90 Å². The molecule has 7 heteroatoms. The van der Waals surface area contributed by atoms with Crippen molar-refractivity contribution in [2.24, 2.45) is 0 Å². The molecule has 3 N–H and O–H groups in total. The molecular weight excluding hydrogens is 268 g/mol. The highest BCUT2D eigenvalue weighted by Gasteiger charge is 2.28. The Morgan fingerprint density at radius 3 is 2.94 bits per heavy atom. The molecule has 0 saturated heterocycles. The quantitative estimate of drug-likeness (QED) is 0.875. The number of rotatable bonds is 2. The highest BCUT2D eigenvalue weighted by molar-refractivity contribution is 8.01. The van der Waals surface area contributed by atoms with Crippen LogP contribution in [0.25, 0.3) is 0 Å². The van der Waals surface area contributed by atoms with Crippen LogP contribution in [0.1, 0.15) is 5.56 Å². The lowest BCUT2D eigenvalue weighted by molar-refractivity contribution is -0.115. The average molecular weight is 278 g/mol. The minimum Gasteiger partial charge on any atom is -0.374 e. The lowest BCUT2D eigenvalue weighted by Gasteiger charge is -2.06. The topological polar surface area (TPSA) is 80.9 Å². The lowest BCUT2D eigenvalue weighted by Crippen LogP contribution is -2.24. The van der Waals surface area contributed by atoms with Crippen LogP contribution in [0, 0.1) is 0 Å². The molecule has 1 aromatic carbocycles. The van der Waals surface area contributed by atoms with E-state index in [0.717, 1.165) is 6.42 Å². The van der Waals surface area contributed by atoms with Crippen molar-refractivity contribution < 1.29 is 4.79 Å². The zero-order valence-corrected chi connectivity index (χ0v) is 10.9. The SMILES string of the molecule is Nc1nnc(NC(=O)C2Cc3ccccc3S2)s1. The fourth-order valence-corrected chi connectivity index (χ4v) is 3.51. The molecule has 2 aromatic rings. The molecule has 1 atom stereocenters. The molecule has 1 aliphatic heterocycles. The molecule has 2 heterocycles. The Hall–Kier alpha value is -1.60. The summed E-state index contributed by atoms with van der Waals surface area (Å²) in [5.41, 5.74) is 6.69. The molecule has 0 saturated carbocycles. The van der Waals surface area contributed by atoms with Crippen LogP contribution in [0.2, 0.25) is 0 Å². The third kappa shape index (κ3) is 2.19. The van der Waals surface area contributed by atoms with Crippen molar-refractivity contribution in [1.29, 1.82) is 0 Å². The van der Waals surface area contributed by atoms with Crippen molar-refractivity contribution in [3.05, 3.63) is 29.8 Å². The van der Waals surface area contributed by atoms with Gasteiger partial charge < -0.3 is 5.73 Å². The number of hydrogen-bond donors (Lipinski definition) is 2. The Balaban J connectivity index is 1.69. The standard InChI is InChI=1S/C11H10N4OS2/c12-10-14-15-11(18-10)13-9(16)8-5-6-3-1-2-4-7(6)17-8/h1-4,8H,5H2,(H2,12,14)(H,13,15,16). The molecular formula is C11H10N4OS2. The number of fused-ring (bicyclic) bond motifs is 1. The predicted molar refractivity (Wildman–Crippen MR) is 72.7 cm³/mol. The first-order valence-corrected chi connectivity index (χ1v) is 7.06. The molecule has 18 heavy (non-hydrogen) atoms. The molecule has 1 aliphatic rings. The van der Waals surface area contributed by atoms with Crippen LogP contribution in [0.15, 0.2) is 29.2 Å². The van der Waals surface area contributed by atoms with Crippen LogP contribution in [0.3, 0.4) is 0 Å². The van der Waals surface area contributed by atoms with Gasteiger partial charge in [-0.05, 0) is 18.1 Å². The number of nitrogens with two attached hydrogens (primary N) is 1. The summed E-state index contributed by atoms with van der Waals surface area (Å²) in [5, 5.41) is 10.9. The molecule has 0 radical (unpaired) electrons. The number of nitrogens with zero attached hydrogens (tertiary/aromatic N) is 2. The Morgan fingerprint density at radius 1 is 1.39 bits per heavy atom. The van der Waals surface area contributed by atoms with E-state index in [2.05, 4.69) is 21.6 Å². The molecule has 3 rings (SSSR count). The smallest absolute Gasteiger partial charge is 0.240 e. The maximum atomic E-state index is 12.1. The van der Waals surface area contributed by atoms with E-state index >= 15 is 0 Å². The molecule has 1 aromatic heterocycles. The molecule has 92 valence electrons. The molecule has 1 unspecified atom stereocenters. The Labute approximate surface area is 112 Å². The summed E-state index contributed by atoms with van der Waals surface area (Å²) in [7, 11) is 0. The van der Waals surface area contributed by atoms with E-state index in [-0.39, 0.29) is 11.2 Å². The number of benzene rings is 1. The van der Waals surface area contributed by atoms with Crippen LogP contribution in [0.4, 0.5) is 10.3 Å². The van der Waals surface area contributed by atoms with Crippen LogP contribution >= 0.6 is 23.1 Å². The summed E-state index contributed by atoms with van der Waals surface area (Å²) in [4.78, 5) is 13.2. The van der Waals surface area contributed by atoms with Gasteiger partial charge >= 0.3 is 0 Å². The Kier molecular flexibility index (Phi) is 2.92. The second kappa shape index (κ2) is 4.58. The van der Waals surface area contributed by atoms with Gasteiger partial charge in [-0.1, -0.05) is 29.5 Å². The first kappa shape index (κ1) is 11.5. The number of carbonyl (C=O) groups excluding carboxylic acids is 1. The normalized spacial score (nSPS) is 17.4. The van der Waals surface area contributed by atoms with Crippen LogP contribution in [0.5, 0.6) is 0 Å². The summed E-state index contributed by atoms with van der Waals surface area (Å²) in [6, 6.07) is 8.07. The zero-order valence-electron chi connectivity index (χ0n) is 9.29. The monoisotopic (exact) mass is 278 g/mol. The lowest BCUT2D eigenvalue weighted by atomic mass is 10.1. The van der Waals surface area contributed by atoms with Crippen molar-refractivity contribution in [2.45, 2.75) is 16.6 Å². The van der Waals surface area contributed by atoms with Gasteiger partial charge in [0.1, 0.15) is 0 Å². The highest BCUT2D eigenvalue weighted by atomic mass is 32.2. The number of thioether (sulfide) groups is 1. The van der Waals surface area contributed by atoms with Crippen molar-refractivity contribution >= 4 is 39.3 Å². The third-order valence-corrected chi connectivity index (χ3v) is 4.60. The van der Waals surface area contributed by atoms with Gasteiger partial charge in [0.05, 0.1) is 5.25 Å². The van der Waals surface area contributed by atoms with Gasteiger partial charge in [-0.3, -0.25) is 10.1 Å². The van der Waals surface area contributed by atoms with Crippen LogP contribution in [-0.4, -0.2) is 21.4 Å². The van der Waals surface area contributed by atoms with E-state index in [1.165, 1.54) is 21.8 Å². The van der Waals surface area contributed by atoms with Crippen molar-refractivity contribution in [2.75, 3.05) is 11.1 Å². The van der Waals surface area contributed by atoms with E-state index < -0.39 is 0 Å². The number of anilines is 2. The predicted octanol–water partition coefficient (Wildman–Crippen LogP) is 1.78. The largest absolute Gasteiger partial charge is 0.374 e. The second-order valence-corrected chi connectivity index (χ2v) is 6.11. The number of nitrogen functional groups attached to an aromatic ring is 1. The molecule has 1 amide bonds. The summed E-state index contributed by atoms with van der Waals surface area (Å²) in [6.07, 6.45) is 0.751. The molecule has 0 fully saturated rings. The maximum absolute atomic E-state index is 12.1. The van der Waals surface area contributed by atoms with Crippen molar-refractivity contribution in [3.63, 3.8) is 0 Å². The zero-order chi connectivity index (χ0) is 12.5. The summed E-state index contributed by atoms with van der Waals surface area (Å²) in [5.74, 6) is -0.0488. The van der Waals surface area contributed by atoms with Gasteiger partial charge in [-0.2, -0.15) is 0 Å². The number of carbonyl (C=O) groups is 1. The minimum atomic E-state index is -0.104. The summed E-state index contributed by atoms with van der Waals surface area (Å²) in [6.45, 7) is 0. The molecule has 5 nitrogen and oxygen atoms in total. The van der Waals surface area contributed by atoms with Crippen molar-refractivity contribution in [3.8, 4) is 0 Å². The van der Waals surface area contributed by atoms with Gasteiger partial charge in [-0.15, -0.1) is 22.0 Å². The summed E-state index contributed by atoms with van der Waals surface area (Å²) < 4.78 is 0. The van der Waals surface area contributed by atoms with Crippen LogP contribution in [-0.2, 0) is 11.2 Å². The minimum absolute atomic E-state index is 0.0488.